The molecule has 1 aromatic carbocycles. The van der Waals surface area contributed by atoms with Crippen molar-refractivity contribution in [1.29, 1.82) is 0 Å². The molecule has 0 saturated carbocycles. The molecule has 114 valence electrons. The lowest BCUT2D eigenvalue weighted by atomic mass is 9.92. The number of H-pyrrole nitrogens is 1. The Morgan fingerprint density at radius 1 is 1.29 bits per heavy atom. The molecule has 1 unspecified atom stereocenters. The van der Waals surface area contributed by atoms with Crippen molar-refractivity contribution >= 4 is 9.84 Å². The second-order valence-corrected chi connectivity index (χ2v) is 7.94. The topological polar surface area (TPSA) is 75.7 Å². The average Bonchev–Trinajstić information content (AvgIpc) is 2.97. The molecular formula is C15H21N3O2S. The number of aromatic nitrogens is 3. The Hall–Kier alpha value is -1.69. The van der Waals surface area contributed by atoms with Crippen molar-refractivity contribution in [3.8, 4) is 0 Å². The van der Waals surface area contributed by atoms with Gasteiger partial charge >= 0.3 is 0 Å². The van der Waals surface area contributed by atoms with Crippen LogP contribution in [0.1, 0.15) is 44.4 Å². The third-order valence-electron chi connectivity index (χ3n) is 3.69. The van der Waals surface area contributed by atoms with E-state index in [1.54, 1.807) is 32.2 Å². The van der Waals surface area contributed by atoms with Crippen molar-refractivity contribution in [2.24, 2.45) is 0 Å². The maximum absolute atomic E-state index is 12.3. The summed E-state index contributed by atoms with van der Waals surface area (Å²) >= 11 is 0. The van der Waals surface area contributed by atoms with Crippen LogP contribution in [-0.2, 0) is 16.3 Å². The van der Waals surface area contributed by atoms with E-state index in [1.807, 2.05) is 12.1 Å². The minimum absolute atomic E-state index is 0.234. The van der Waals surface area contributed by atoms with Crippen LogP contribution >= 0.6 is 0 Å². The molecule has 0 radical (unpaired) electrons. The third-order valence-corrected chi connectivity index (χ3v) is 5.84. The largest absolute Gasteiger partial charge is 0.223 e. The first-order valence-electron chi connectivity index (χ1n) is 7.13. The van der Waals surface area contributed by atoms with Gasteiger partial charge in [-0.05, 0) is 50.3 Å². The van der Waals surface area contributed by atoms with Gasteiger partial charge in [-0.15, -0.1) is 0 Å². The molecule has 6 heteroatoms. The molecule has 1 atom stereocenters. The van der Waals surface area contributed by atoms with Crippen LogP contribution in [0.3, 0.4) is 0 Å². The zero-order valence-corrected chi connectivity index (χ0v) is 13.4. The molecule has 1 aromatic heterocycles. The first kappa shape index (κ1) is 15.7. The maximum atomic E-state index is 12.3. The highest BCUT2D eigenvalue weighted by Crippen LogP contribution is 2.26. The number of sulfone groups is 1. The fraction of sp³-hybridized carbons (Fsp3) is 0.467. The van der Waals surface area contributed by atoms with Gasteiger partial charge in [0.25, 0.3) is 0 Å². The van der Waals surface area contributed by atoms with Crippen LogP contribution in [-0.4, -0.2) is 29.1 Å². The Bertz CT molecular complexity index is 679. The van der Waals surface area contributed by atoms with Crippen LogP contribution in [0, 0.1) is 0 Å². The van der Waals surface area contributed by atoms with E-state index in [-0.39, 0.29) is 5.92 Å². The molecule has 0 aliphatic heterocycles. The fourth-order valence-electron chi connectivity index (χ4n) is 2.29. The van der Waals surface area contributed by atoms with Gasteiger partial charge in [-0.1, -0.05) is 19.1 Å². The van der Waals surface area contributed by atoms with Crippen LogP contribution in [0.15, 0.2) is 35.4 Å². The Balaban J connectivity index is 2.31. The van der Waals surface area contributed by atoms with Crippen LogP contribution in [0.4, 0.5) is 0 Å². The number of nitrogens with zero attached hydrogens (tertiary/aromatic N) is 2. The number of hydrogen-bond donors (Lipinski definition) is 1. The summed E-state index contributed by atoms with van der Waals surface area (Å²) in [5.41, 5.74) is 1.92. The van der Waals surface area contributed by atoms with E-state index in [0.717, 1.165) is 24.1 Å². The second kappa shape index (κ2) is 6.39. The summed E-state index contributed by atoms with van der Waals surface area (Å²) in [5.74, 6) is 0.234. The van der Waals surface area contributed by atoms with E-state index in [9.17, 15) is 8.42 Å². The van der Waals surface area contributed by atoms with E-state index < -0.39 is 15.1 Å². The normalized spacial score (nSPS) is 13.5. The highest BCUT2D eigenvalue weighted by Gasteiger charge is 2.21. The molecule has 0 saturated heterocycles. The first-order valence-corrected chi connectivity index (χ1v) is 8.68. The minimum atomic E-state index is -3.24. The summed E-state index contributed by atoms with van der Waals surface area (Å²) in [6.07, 6.45) is 3.37. The molecule has 0 spiro atoms. The Labute approximate surface area is 125 Å². The van der Waals surface area contributed by atoms with E-state index >= 15 is 0 Å². The monoisotopic (exact) mass is 307 g/mol. The van der Waals surface area contributed by atoms with Crippen molar-refractivity contribution in [3.63, 3.8) is 0 Å². The highest BCUT2D eigenvalue weighted by molar-refractivity contribution is 7.92. The summed E-state index contributed by atoms with van der Waals surface area (Å²) in [5, 5.41) is 10.1. The summed E-state index contributed by atoms with van der Waals surface area (Å²) in [6, 6.07) is 7.26. The van der Waals surface area contributed by atoms with Gasteiger partial charge in [0.05, 0.1) is 22.0 Å². The lowest BCUT2D eigenvalue weighted by Gasteiger charge is -2.16. The van der Waals surface area contributed by atoms with Crippen molar-refractivity contribution in [2.45, 2.75) is 49.7 Å². The summed E-state index contributed by atoms with van der Waals surface area (Å²) in [4.78, 5) is 0.397. The van der Waals surface area contributed by atoms with E-state index in [4.69, 9.17) is 0 Å². The zero-order chi connectivity index (χ0) is 15.5. The molecular weight excluding hydrogens is 286 g/mol. The Morgan fingerprint density at radius 2 is 2.05 bits per heavy atom. The van der Waals surface area contributed by atoms with Crippen molar-refractivity contribution in [2.75, 3.05) is 0 Å². The lowest BCUT2D eigenvalue weighted by molar-refractivity contribution is 0.586. The molecule has 2 rings (SSSR count). The molecule has 1 heterocycles. The van der Waals surface area contributed by atoms with Crippen LogP contribution < -0.4 is 0 Å². The number of benzene rings is 1. The van der Waals surface area contributed by atoms with Gasteiger partial charge in [0.1, 0.15) is 0 Å². The number of nitrogens with one attached hydrogen (secondary N) is 1. The SMILES string of the molecule is CCC(Cc1cn[nH]n1)c1cccc(S(=O)(=O)C(C)C)c1. The Kier molecular flexibility index (Phi) is 4.77. The smallest absolute Gasteiger partial charge is 0.180 e. The second-order valence-electron chi connectivity index (χ2n) is 5.44. The Morgan fingerprint density at radius 3 is 2.62 bits per heavy atom. The first-order chi connectivity index (χ1) is 9.95. The lowest BCUT2D eigenvalue weighted by Crippen LogP contribution is -2.14. The van der Waals surface area contributed by atoms with Crippen molar-refractivity contribution in [1.82, 2.24) is 15.4 Å². The van der Waals surface area contributed by atoms with Crippen LogP contribution in [0.2, 0.25) is 0 Å². The molecule has 0 amide bonds. The van der Waals surface area contributed by atoms with Gasteiger partial charge in [0, 0.05) is 0 Å². The zero-order valence-electron chi connectivity index (χ0n) is 12.6. The van der Waals surface area contributed by atoms with E-state index in [0.29, 0.717) is 4.90 Å². The van der Waals surface area contributed by atoms with Gasteiger partial charge < -0.3 is 0 Å². The molecule has 0 aliphatic rings. The quantitative estimate of drug-likeness (QED) is 0.890. The predicted octanol–water partition coefficient (Wildman–Crippen LogP) is 2.72. The molecule has 0 fully saturated rings. The number of aromatic amines is 1. The predicted molar refractivity (Wildman–Crippen MR) is 81.9 cm³/mol. The standard InChI is InChI=1S/C15H21N3O2S/c1-4-12(8-14-10-16-18-17-14)13-6-5-7-15(9-13)21(19,20)11(2)3/h5-7,9-12H,4,8H2,1-3H3,(H,16,17,18). The van der Waals surface area contributed by atoms with Crippen molar-refractivity contribution in [3.05, 3.63) is 41.7 Å². The van der Waals surface area contributed by atoms with E-state index in [2.05, 4.69) is 22.3 Å². The summed E-state index contributed by atoms with van der Waals surface area (Å²) in [7, 11) is -3.24. The van der Waals surface area contributed by atoms with Gasteiger partial charge in [-0.2, -0.15) is 15.4 Å². The molecule has 1 N–H and O–H groups in total. The van der Waals surface area contributed by atoms with Crippen LogP contribution in [0.25, 0.3) is 0 Å². The molecule has 0 bridgehead atoms. The molecule has 0 aliphatic carbocycles. The van der Waals surface area contributed by atoms with Gasteiger partial charge in [0.2, 0.25) is 0 Å². The van der Waals surface area contributed by atoms with Gasteiger partial charge in [0.15, 0.2) is 9.84 Å². The molecule has 21 heavy (non-hydrogen) atoms. The molecule has 5 nitrogen and oxygen atoms in total. The number of rotatable bonds is 6. The average molecular weight is 307 g/mol. The molecule has 2 aromatic rings. The number of hydrogen-bond acceptors (Lipinski definition) is 4. The van der Waals surface area contributed by atoms with Gasteiger partial charge in [-0.25, -0.2) is 8.42 Å². The highest BCUT2D eigenvalue weighted by atomic mass is 32.2. The van der Waals surface area contributed by atoms with Gasteiger partial charge in [-0.3, -0.25) is 0 Å². The maximum Gasteiger partial charge on any atom is 0.180 e. The third kappa shape index (κ3) is 3.50. The summed E-state index contributed by atoms with van der Waals surface area (Å²) < 4.78 is 24.6. The minimum Gasteiger partial charge on any atom is -0.223 e. The van der Waals surface area contributed by atoms with Crippen molar-refractivity contribution < 1.29 is 8.42 Å². The summed E-state index contributed by atoms with van der Waals surface area (Å²) in [6.45, 7) is 5.50. The van der Waals surface area contributed by atoms with Crippen LogP contribution in [0.5, 0.6) is 0 Å². The van der Waals surface area contributed by atoms with E-state index in [1.165, 1.54) is 0 Å². The fourth-order valence-corrected chi connectivity index (χ4v) is 3.40.